The molecule has 3 rings (SSSR count). The van der Waals surface area contributed by atoms with Gasteiger partial charge in [0.1, 0.15) is 6.10 Å². The van der Waals surface area contributed by atoms with Crippen molar-refractivity contribution in [2.45, 2.75) is 110 Å². The minimum absolute atomic E-state index is 0.0356. The molecule has 5 atom stereocenters. The van der Waals surface area contributed by atoms with Crippen LogP contribution in [0.5, 0.6) is 0 Å². The molecule has 194 valence electrons. The maximum absolute atomic E-state index is 10.7. The van der Waals surface area contributed by atoms with Crippen LogP contribution in [0, 0.1) is 29.1 Å². The summed E-state index contributed by atoms with van der Waals surface area (Å²) in [5.74, 6) is 0.991. The summed E-state index contributed by atoms with van der Waals surface area (Å²) in [5.41, 5.74) is 3.22. The highest BCUT2D eigenvalue weighted by molar-refractivity contribution is 5.41. The fourth-order valence-corrected chi connectivity index (χ4v) is 7.21. The van der Waals surface area contributed by atoms with Gasteiger partial charge in [-0.15, -0.1) is 0 Å². The minimum Gasteiger partial charge on any atom is -0.396 e. The number of aliphatic hydroxyl groups is 3. The highest BCUT2D eigenvalue weighted by atomic mass is 16.6. The molecular formula is C30H50O4. The molecule has 0 bridgehead atoms. The molecule has 0 aromatic heterocycles. The van der Waals surface area contributed by atoms with Crippen LogP contribution in [0.25, 0.3) is 0 Å². The van der Waals surface area contributed by atoms with E-state index < -0.39 is 11.9 Å². The van der Waals surface area contributed by atoms with Crippen molar-refractivity contribution in [3.05, 3.63) is 35.5 Å². The fourth-order valence-electron chi connectivity index (χ4n) is 7.21. The van der Waals surface area contributed by atoms with Gasteiger partial charge in [0.25, 0.3) is 0 Å². The third-order valence-electron chi connectivity index (χ3n) is 9.24. The number of rotatable bonds is 10. The summed E-state index contributed by atoms with van der Waals surface area (Å²) in [6.45, 7) is 14.1. The van der Waals surface area contributed by atoms with E-state index in [1.165, 1.54) is 44.9 Å². The van der Waals surface area contributed by atoms with E-state index in [1.807, 2.05) is 0 Å². The second-order valence-corrected chi connectivity index (χ2v) is 12.0. The molecular weight excluding hydrogens is 424 g/mol. The molecule has 0 spiro atoms. The molecule has 0 aliphatic heterocycles. The summed E-state index contributed by atoms with van der Waals surface area (Å²) in [5, 5.41) is 30.4. The highest BCUT2D eigenvalue weighted by Crippen LogP contribution is 2.60. The SMILES string of the molecule is C=C1/C(=C\C=C2/CCC[C@]3(C)[C@@H]([C@H](C)CCCC(C)C)CC[C@@H]23)CC[C@@H](OCCCO)C1(O)O. The van der Waals surface area contributed by atoms with Gasteiger partial charge in [-0.25, -0.2) is 0 Å². The van der Waals surface area contributed by atoms with Gasteiger partial charge in [-0.05, 0) is 86.0 Å². The first-order valence-corrected chi connectivity index (χ1v) is 13.9. The lowest BCUT2D eigenvalue weighted by Gasteiger charge is -2.44. The largest absolute Gasteiger partial charge is 0.396 e. The van der Waals surface area contributed by atoms with Crippen molar-refractivity contribution < 1.29 is 20.1 Å². The summed E-state index contributed by atoms with van der Waals surface area (Å²) in [6.07, 6.45) is 15.9. The lowest BCUT2D eigenvalue weighted by atomic mass is 9.60. The molecule has 3 saturated carbocycles. The standard InChI is InChI=1S/C30H50O4/c1-21(2)9-6-10-22(3)26-15-16-27-25(11-7-18-29(26,27)5)13-12-24-14-17-28(34-20-8-19-31)30(32,33)23(24)4/h12-13,21-22,26-28,31-33H,4,6-11,14-20H2,1-3,5H3/b24-12-,25-13+/t22-,26-,27+,28-,29-/m1/s1. The van der Waals surface area contributed by atoms with Gasteiger partial charge in [0.2, 0.25) is 5.79 Å². The monoisotopic (exact) mass is 474 g/mol. The van der Waals surface area contributed by atoms with Crippen LogP contribution in [0.4, 0.5) is 0 Å². The Hall–Kier alpha value is -0.940. The number of aliphatic hydroxyl groups excluding tert-OH is 1. The molecule has 4 nitrogen and oxygen atoms in total. The number of allylic oxidation sites excluding steroid dienone is 3. The van der Waals surface area contributed by atoms with Gasteiger partial charge in [0, 0.05) is 18.8 Å². The normalized spacial score (nSPS) is 34.7. The maximum Gasteiger partial charge on any atom is 0.216 e. The Kier molecular flexibility index (Phi) is 9.65. The zero-order valence-corrected chi connectivity index (χ0v) is 22.2. The molecule has 3 aliphatic carbocycles. The van der Waals surface area contributed by atoms with E-state index in [0.29, 0.717) is 36.4 Å². The topological polar surface area (TPSA) is 69.9 Å². The average molecular weight is 475 g/mol. The first-order chi connectivity index (χ1) is 16.1. The van der Waals surface area contributed by atoms with Crippen molar-refractivity contribution in [3.63, 3.8) is 0 Å². The smallest absolute Gasteiger partial charge is 0.216 e. The van der Waals surface area contributed by atoms with Gasteiger partial charge in [0.15, 0.2) is 0 Å². The Morgan fingerprint density at radius 3 is 2.53 bits per heavy atom. The zero-order chi connectivity index (χ0) is 24.9. The van der Waals surface area contributed by atoms with Crippen LogP contribution in [-0.4, -0.2) is 40.4 Å². The molecule has 0 aromatic rings. The van der Waals surface area contributed by atoms with Gasteiger partial charge < -0.3 is 20.1 Å². The van der Waals surface area contributed by atoms with Crippen LogP contribution < -0.4 is 0 Å². The van der Waals surface area contributed by atoms with Gasteiger partial charge in [-0.2, -0.15) is 0 Å². The van der Waals surface area contributed by atoms with E-state index in [9.17, 15) is 10.2 Å². The Morgan fingerprint density at radius 2 is 1.82 bits per heavy atom. The van der Waals surface area contributed by atoms with Gasteiger partial charge in [-0.3, -0.25) is 0 Å². The van der Waals surface area contributed by atoms with E-state index in [-0.39, 0.29) is 6.61 Å². The predicted octanol–water partition coefficient (Wildman–Crippen LogP) is 6.32. The summed E-state index contributed by atoms with van der Waals surface area (Å²) >= 11 is 0. The van der Waals surface area contributed by atoms with Crippen molar-refractivity contribution in [1.82, 2.24) is 0 Å². The van der Waals surface area contributed by atoms with Crippen molar-refractivity contribution in [1.29, 1.82) is 0 Å². The molecule has 0 amide bonds. The van der Waals surface area contributed by atoms with Crippen molar-refractivity contribution in [3.8, 4) is 0 Å². The van der Waals surface area contributed by atoms with Gasteiger partial charge in [-0.1, -0.05) is 71.3 Å². The minimum atomic E-state index is -2.05. The molecule has 0 saturated heterocycles. The third-order valence-corrected chi connectivity index (χ3v) is 9.24. The van der Waals surface area contributed by atoms with Crippen LogP contribution in [0.15, 0.2) is 35.5 Å². The molecule has 0 heterocycles. The average Bonchev–Trinajstić information content (AvgIpc) is 3.13. The first kappa shape index (κ1) is 27.6. The molecule has 3 aliphatic rings. The van der Waals surface area contributed by atoms with Gasteiger partial charge >= 0.3 is 0 Å². The molecule has 3 N–H and O–H groups in total. The van der Waals surface area contributed by atoms with E-state index in [1.54, 1.807) is 5.57 Å². The number of ether oxygens (including phenoxy) is 1. The van der Waals surface area contributed by atoms with E-state index >= 15 is 0 Å². The van der Waals surface area contributed by atoms with E-state index in [0.717, 1.165) is 36.2 Å². The molecule has 3 fully saturated rings. The number of hydrogen-bond acceptors (Lipinski definition) is 4. The Balaban J connectivity index is 1.68. The Bertz CT molecular complexity index is 749. The second kappa shape index (κ2) is 11.9. The third kappa shape index (κ3) is 6.06. The molecule has 0 radical (unpaired) electrons. The molecule has 0 unspecified atom stereocenters. The summed E-state index contributed by atoms with van der Waals surface area (Å²) in [6, 6.07) is 0. The maximum atomic E-state index is 10.7. The van der Waals surface area contributed by atoms with Crippen molar-refractivity contribution >= 4 is 0 Å². The van der Waals surface area contributed by atoms with Crippen LogP contribution in [0.3, 0.4) is 0 Å². The summed E-state index contributed by atoms with van der Waals surface area (Å²) in [4.78, 5) is 0. The quantitative estimate of drug-likeness (QED) is 0.256. The number of fused-ring (bicyclic) bond motifs is 1. The molecule has 0 aromatic carbocycles. The lowest BCUT2D eigenvalue weighted by Crippen LogP contribution is -2.48. The second-order valence-electron chi connectivity index (χ2n) is 12.0. The Morgan fingerprint density at radius 1 is 1.06 bits per heavy atom. The zero-order valence-electron chi connectivity index (χ0n) is 22.2. The summed E-state index contributed by atoms with van der Waals surface area (Å²) < 4.78 is 5.63. The Labute approximate surface area is 208 Å². The lowest BCUT2D eigenvalue weighted by molar-refractivity contribution is -0.218. The highest BCUT2D eigenvalue weighted by Gasteiger charge is 2.50. The predicted molar refractivity (Wildman–Crippen MR) is 139 cm³/mol. The van der Waals surface area contributed by atoms with E-state index in [4.69, 9.17) is 9.84 Å². The number of hydrogen-bond donors (Lipinski definition) is 3. The van der Waals surface area contributed by atoms with Crippen molar-refractivity contribution in [2.24, 2.45) is 29.1 Å². The van der Waals surface area contributed by atoms with Crippen LogP contribution >= 0.6 is 0 Å². The van der Waals surface area contributed by atoms with Gasteiger partial charge in [0.05, 0.1) is 0 Å². The molecule has 4 heteroatoms. The molecule has 34 heavy (non-hydrogen) atoms. The fraction of sp³-hybridized carbons (Fsp3) is 0.800. The van der Waals surface area contributed by atoms with Crippen LogP contribution in [0.2, 0.25) is 0 Å². The first-order valence-electron chi connectivity index (χ1n) is 13.9. The summed E-state index contributed by atoms with van der Waals surface area (Å²) in [7, 11) is 0. The van der Waals surface area contributed by atoms with Crippen LogP contribution in [0.1, 0.15) is 98.3 Å². The van der Waals surface area contributed by atoms with Crippen molar-refractivity contribution in [2.75, 3.05) is 13.2 Å². The van der Waals surface area contributed by atoms with E-state index in [2.05, 4.69) is 46.4 Å². The van der Waals surface area contributed by atoms with Crippen LogP contribution in [-0.2, 0) is 4.74 Å².